The number of aryl methyl sites for hydroxylation is 1. The molecule has 0 unspecified atom stereocenters. The largest absolute Gasteiger partial charge is 0.496 e. The van der Waals surface area contributed by atoms with Gasteiger partial charge in [-0.05, 0) is 13.8 Å². The van der Waals surface area contributed by atoms with E-state index in [9.17, 15) is 4.79 Å². The third-order valence-electron chi connectivity index (χ3n) is 1.48. The second kappa shape index (κ2) is 2.78. The average Bonchev–Trinajstić information content (AvgIpc) is 1.96. The number of hydrogen-bond donors (Lipinski definition) is 0. The van der Waals surface area contributed by atoms with Gasteiger partial charge >= 0.3 is 5.63 Å². The van der Waals surface area contributed by atoms with Crippen molar-refractivity contribution < 1.29 is 9.15 Å². The highest BCUT2D eigenvalue weighted by Gasteiger charge is 2.04. The summed E-state index contributed by atoms with van der Waals surface area (Å²) in [4.78, 5) is 11.0. The summed E-state index contributed by atoms with van der Waals surface area (Å²) in [6, 6.07) is 1.69. The van der Waals surface area contributed by atoms with Crippen molar-refractivity contribution in [1.29, 1.82) is 0 Å². The molecule has 3 nitrogen and oxygen atoms in total. The van der Waals surface area contributed by atoms with Crippen LogP contribution in [0.1, 0.15) is 11.3 Å². The number of methoxy groups -OCH3 is 1. The summed E-state index contributed by atoms with van der Waals surface area (Å²) in [6.45, 7) is 3.38. The molecule has 1 aromatic heterocycles. The van der Waals surface area contributed by atoms with E-state index in [0.29, 0.717) is 17.1 Å². The Morgan fingerprint density at radius 1 is 1.45 bits per heavy atom. The first-order valence-corrected chi connectivity index (χ1v) is 3.30. The lowest BCUT2D eigenvalue weighted by Gasteiger charge is -2.01. The fourth-order valence-electron chi connectivity index (χ4n) is 0.858. The van der Waals surface area contributed by atoms with E-state index >= 15 is 0 Å². The van der Waals surface area contributed by atoms with Crippen molar-refractivity contribution in [2.45, 2.75) is 13.8 Å². The Hall–Kier alpha value is -1.25. The minimum absolute atomic E-state index is 0.332. The van der Waals surface area contributed by atoms with Crippen LogP contribution in [0.5, 0.6) is 5.75 Å². The van der Waals surface area contributed by atoms with Crippen LogP contribution >= 0.6 is 0 Å². The van der Waals surface area contributed by atoms with Gasteiger partial charge in [0.15, 0.2) is 0 Å². The molecule has 0 aliphatic heterocycles. The van der Waals surface area contributed by atoms with Crippen LogP contribution in [0.25, 0.3) is 0 Å². The van der Waals surface area contributed by atoms with E-state index in [4.69, 9.17) is 9.15 Å². The molecule has 0 atom stereocenters. The van der Waals surface area contributed by atoms with Crippen LogP contribution in [0.15, 0.2) is 15.3 Å². The fraction of sp³-hybridized carbons (Fsp3) is 0.375. The molecule has 0 radical (unpaired) electrons. The van der Waals surface area contributed by atoms with Gasteiger partial charge in [0.1, 0.15) is 11.5 Å². The van der Waals surface area contributed by atoms with Gasteiger partial charge in [0.05, 0.1) is 12.7 Å². The molecule has 1 heterocycles. The van der Waals surface area contributed by atoms with Gasteiger partial charge in [-0.25, -0.2) is 4.79 Å². The van der Waals surface area contributed by atoms with Gasteiger partial charge in [-0.2, -0.15) is 0 Å². The van der Waals surface area contributed by atoms with E-state index in [2.05, 4.69) is 0 Å². The SMILES string of the molecule is COc1cc(C)oc(=O)c1C. The van der Waals surface area contributed by atoms with Crippen LogP contribution in [0, 0.1) is 13.8 Å². The first kappa shape index (κ1) is 7.85. The Bertz CT molecular complexity index is 312. The molecule has 60 valence electrons. The maximum absolute atomic E-state index is 11.0. The van der Waals surface area contributed by atoms with Gasteiger partial charge in [0.25, 0.3) is 0 Å². The van der Waals surface area contributed by atoms with Crippen LogP contribution in [0.3, 0.4) is 0 Å². The van der Waals surface area contributed by atoms with Crippen molar-refractivity contribution in [2.75, 3.05) is 7.11 Å². The molecule has 1 aromatic rings. The Morgan fingerprint density at radius 2 is 2.09 bits per heavy atom. The van der Waals surface area contributed by atoms with E-state index in [1.54, 1.807) is 19.9 Å². The van der Waals surface area contributed by atoms with Crippen LogP contribution in [0.2, 0.25) is 0 Å². The first-order chi connectivity index (χ1) is 5.15. The van der Waals surface area contributed by atoms with E-state index < -0.39 is 0 Å². The Morgan fingerprint density at radius 3 is 2.64 bits per heavy atom. The van der Waals surface area contributed by atoms with Gasteiger partial charge in [0, 0.05) is 6.07 Å². The van der Waals surface area contributed by atoms with Crippen LogP contribution in [-0.4, -0.2) is 7.11 Å². The van der Waals surface area contributed by atoms with E-state index in [0.717, 1.165) is 0 Å². The molecule has 0 bridgehead atoms. The monoisotopic (exact) mass is 154 g/mol. The lowest BCUT2D eigenvalue weighted by Crippen LogP contribution is -2.05. The van der Waals surface area contributed by atoms with Crippen molar-refractivity contribution in [2.24, 2.45) is 0 Å². The highest BCUT2D eigenvalue weighted by molar-refractivity contribution is 5.29. The third-order valence-corrected chi connectivity index (χ3v) is 1.48. The normalized spacial score (nSPS) is 9.73. The van der Waals surface area contributed by atoms with Crippen molar-refractivity contribution in [3.63, 3.8) is 0 Å². The fourth-order valence-corrected chi connectivity index (χ4v) is 0.858. The van der Waals surface area contributed by atoms with Crippen LogP contribution in [0.4, 0.5) is 0 Å². The summed E-state index contributed by atoms with van der Waals surface area (Å²) in [5.41, 5.74) is 0.181. The zero-order valence-corrected chi connectivity index (χ0v) is 6.80. The third kappa shape index (κ3) is 1.42. The van der Waals surface area contributed by atoms with Crippen molar-refractivity contribution in [3.8, 4) is 5.75 Å². The Kier molecular flexibility index (Phi) is 1.98. The summed E-state index contributed by atoms with van der Waals surface area (Å²) in [5.74, 6) is 1.15. The molecule has 0 spiro atoms. The standard InChI is InChI=1S/C8H10O3/c1-5-4-7(10-3)6(2)8(9)11-5/h4H,1-3H3. The Labute approximate surface area is 64.6 Å². The highest BCUT2D eigenvalue weighted by atomic mass is 16.5. The summed E-state index contributed by atoms with van der Waals surface area (Å²) < 4.78 is 9.76. The molecule has 0 aromatic carbocycles. The lowest BCUT2D eigenvalue weighted by molar-refractivity contribution is 0.391. The number of rotatable bonds is 1. The summed E-state index contributed by atoms with van der Waals surface area (Å²) in [7, 11) is 1.53. The smallest absolute Gasteiger partial charge is 0.342 e. The molecule has 0 N–H and O–H groups in total. The van der Waals surface area contributed by atoms with E-state index in [-0.39, 0.29) is 5.63 Å². The maximum atomic E-state index is 11.0. The zero-order valence-electron chi connectivity index (χ0n) is 6.80. The van der Waals surface area contributed by atoms with Crippen LogP contribution in [-0.2, 0) is 0 Å². The minimum Gasteiger partial charge on any atom is -0.496 e. The van der Waals surface area contributed by atoms with Gasteiger partial charge in [-0.1, -0.05) is 0 Å². The average molecular weight is 154 g/mol. The van der Waals surface area contributed by atoms with Crippen LogP contribution < -0.4 is 10.4 Å². The topological polar surface area (TPSA) is 39.4 Å². The second-order valence-corrected chi connectivity index (χ2v) is 2.34. The van der Waals surface area contributed by atoms with Crippen molar-refractivity contribution in [1.82, 2.24) is 0 Å². The lowest BCUT2D eigenvalue weighted by atomic mass is 10.3. The summed E-state index contributed by atoms with van der Waals surface area (Å²) in [5, 5.41) is 0. The first-order valence-electron chi connectivity index (χ1n) is 3.30. The molecule has 0 aliphatic rings. The number of hydrogen-bond acceptors (Lipinski definition) is 3. The summed E-state index contributed by atoms with van der Waals surface area (Å²) >= 11 is 0. The molecular formula is C8H10O3. The molecule has 0 fully saturated rings. The summed E-state index contributed by atoms with van der Waals surface area (Å²) in [6.07, 6.45) is 0. The van der Waals surface area contributed by atoms with Gasteiger partial charge in [0.2, 0.25) is 0 Å². The molecule has 0 aliphatic carbocycles. The molecule has 1 rings (SSSR count). The van der Waals surface area contributed by atoms with Crippen molar-refractivity contribution >= 4 is 0 Å². The molecule has 11 heavy (non-hydrogen) atoms. The quantitative estimate of drug-likeness (QED) is 0.611. The molecular weight excluding hydrogens is 144 g/mol. The zero-order chi connectivity index (χ0) is 8.43. The van der Waals surface area contributed by atoms with E-state index in [1.165, 1.54) is 7.11 Å². The van der Waals surface area contributed by atoms with E-state index in [1.807, 2.05) is 0 Å². The van der Waals surface area contributed by atoms with Crippen molar-refractivity contribution in [3.05, 3.63) is 27.8 Å². The molecule has 0 saturated carbocycles. The predicted octanol–water partition coefficient (Wildman–Crippen LogP) is 1.27. The number of ether oxygens (including phenoxy) is 1. The minimum atomic E-state index is -0.332. The second-order valence-electron chi connectivity index (χ2n) is 2.34. The highest BCUT2D eigenvalue weighted by Crippen LogP contribution is 2.13. The Balaban J connectivity index is 3.36. The predicted molar refractivity (Wildman–Crippen MR) is 41.0 cm³/mol. The van der Waals surface area contributed by atoms with Gasteiger partial charge in [-0.15, -0.1) is 0 Å². The maximum Gasteiger partial charge on any atom is 0.342 e. The molecule has 0 saturated heterocycles. The molecule has 3 heteroatoms. The van der Waals surface area contributed by atoms with Gasteiger partial charge < -0.3 is 9.15 Å². The molecule has 0 amide bonds. The van der Waals surface area contributed by atoms with Gasteiger partial charge in [-0.3, -0.25) is 0 Å².